The van der Waals surface area contributed by atoms with Gasteiger partial charge in [-0.05, 0) is 0 Å². The van der Waals surface area contributed by atoms with Crippen LogP contribution in [0, 0.1) is 15.9 Å². The molecule has 0 atom stereocenters. The van der Waals surface area contributed by atoms with Gasteiger partial charge in [0.15, 0.2) is 11.6 Å². The Labute approximate surface area is 78.0 Å². The Bertz CT molecular complexity index is 356. The summed E-state index contributed by atoms with van der Waals surface area (Å²) in [4.78, 5) is 9.53. The van der Waals surface area contributed by atoms with Crippen molar-refractivity contribution in [3.05, 3.63) is 33.1 Å². The molecule has 0 heterocycles. The van der Waals surface area contributed by atoms with Crippen molar-refractivity contribution in [1.82, 2.24) is 0 Å². The number of hydrogen-bond donors (Lipinski definition) is 0. The van der Waals surface area contributed by atoms with Crippen LogP contribution in [0.25, 0.3) is 0 Å². The molecule has 1 aromatic carbocycles. The molecule has 0 fully saturated rings. The van der Waals surface area contributed by atoms with Crippen molar-refractivity contribution in [2.24, 2.45) is 0 Å². The molecule has 1 rings (SSSR count). The van der Waals surface area contributed by atoms with Gasteiger partial charge < -0.3 is 4.74 Å². The molecule has 0 aliphatic heterocycles. The number of nitro benzene ring substituents is 1. The molecule has 6 heteroatoms. The van der Waals surface area contributed by atoms with Gasteiger partial charge in [-0.15, -0.1) is 0 Å². The molecule has 0 amide bonds. The topological polar surface area (TPSA) is 52.4 Å². The minimum atomic E-state index is -0.807. The fraction of sp³-hybridized carbons (Fsp3) is 0.143. The number of methoxy groups -OCH3 is 1. The van der Waals surface area contributed by atoms with E-state index in [1.54, 1.807) is 0 Å². The molecule has 0 aromatic heterocycles. The number of nitro groups is 1. The first-order valence-corrected chi connectivity index (χ1v) is 3.61. The van der Waals surface area contributed by atoms with Crippen LogP contribution in [0.5, 0.6) is 5.75 Å². The Morgan fingerprint density at radius 1 is 1.62 bits per heavy atom. The average molecular weight is 206 g/mol. The minimum Gasteiger partial charge on any atom is -0.494 e. The molecule has 0 aliphatic carbocycles. The van der Waals surface area contributed by atoms with E-state index < -0.39 is 16.4 Å². The van der Waals surface area contributed by atoms with Crippen molar-refractivity contribution < 1.29 is 14.1 Å². The lowest BCUT2D eigenvalue weighted by molar-refractivity contribution is -0.384. The van der Waals surface area contributed by atoms with Gasteiger partial charge in [-0.25, -0.2) is 4.39 Å². The molecule has 0 N–H and O–H groups in total. The second-order valence-electron chi connectivity index (χ2n) is 2.20. The largest absolute Gasteiger partial charge is 0.494 e. The lowest BCUT2D eigenvalue weighted by Crippen LogP contribution is -1.93. The van der Waals surface area contributed by atoms with E-state index in [4.69, 9.17) is 11.6 Å². The molecule has 0 unspecified atom stereocenters. The van der Waals surface area contributed by atoms with Gasteiger partial charge in [0.1, 0.15) is 5.02 Å². The van der Waals surface area contributed by atoms with E-state index in [9.17, 15) is 14.5 Å². The molecule has 0 aliphatic rings. The molecule has 0 bridgehead atoms. The van der Waals surface area contributed by atoms with Crippen LogP contribution in [0.4, 0.5) is 10.1 Å². The molecule has 4 nitrogen and oxygen atoms in total. The maximum Gasteiger partial charge on any atom is 0.291 e. The van der Waals surface area contributed by atoms with E-state index in [1.807, 2.05) is 0 Å². The first kappa shape index (κ1) is 9.73. The Kier molecular flexibility index (Phi) is 2.67. The first-order valence-electron chi connectivity index (χ1n) is 3.23. The van der Waals surface area contributed by atoms with Crippen LogP contribution in [0.2, 0.25) is 5.02 Å². The van der Waals surface area contributed by atoms with E-state index in [0.29, 0.717) is 0 Å². The van der Waals surface area contributed by atoms with Gasteiger partial charge in [-0.3, -0.25) is 10.1 Å². The summed E-state index contributed by atoms with van der Waals surface area (Å²) in [6.07, 6.45) is 0. The third-order valence-corrected chi connectivity index (χ3v) is 1.72. The maximum absolute atomic E-state index is 12.9. The third-order valence-electron chi connectivity index (χ3n) is 1.42. The zero-order valence-electron chi connectivity index (χ0n) is 6.58. The highest BCUT2D eigenvalue weighted by atomic mass is 35.5. The van der Waals surface area contributed by atoms with Gasteiger partial charge in [0, 0.05) is 6.07 Å². The molecule has 0 saturated heterocycles. The summed E-state index contributed by atoms with van der Waals surface area (Å²) in [5.74, 6) is -0.922. The molecule has 0 radical (unpaired) electrons. The lowest BCUT2D eigenvalue weighted by atomic mass is 10.3. The van der Waals surface area contributed by atoms with Crippen LogP contribution in [0.15, 0.2) is 12.1 Å². The number of hydrogen-bond acceptors (Lipinski definition) is 3. The van der Waals surface area contributed by atoms with E-state index in [0.717, 1.165) is 12.1 Å². The van der Waals surface area contributed by atoms with Crippen LogP contribution in [-0.4, -0.2) is 12.0 Å². The van der Waals surface area contributed by atoms with Gasteiger partial charge in [0.25, 0.3) is 5.69 Å². The van der Waals surface area contributed by atoms with Crippen molar-refractivity contribution in [3.8, 4) is 5.75 Å². The molecular weight excluding hydrogens is 201 g/mol. The Balaban J connectivity index is 3.28. The number of benzene rings is 1. The summed E-state index contributed by atoms with van der Waals surface area (Å²) >= 11 is 5.49. The highest BCUT2D eigenvalue weighted by Crippen LogP contribution is 2.30. The summed E-state index contributed by atoms with van der Waals surface area (Å²) in [5, 5.41) is 10.1. The quantitative estimate of drug-likeness (QED) is 0.550. The van der Waals surface area contributed by atoms with Crippen molar-refractivity contribution in [3.63, 3.8) is 0 Å². The van der Waals surface area contributed by atoms with Crippen molar-refractivity contribution in [2.45, 2.75) is 0 Å². The number of ether oxygens (including phenoxy) is 1. The number of rotatable bonds is 2. The molecule has 1 aromatic rings. The average Bonchev–Trinajstić information content (AvgIpc) is 2.07. The molecule has 70 valence electrons. The number of halogens is 2. The second-order valence-corrected chi connectivity index (χ2v) is 2.60. The molecule has 0 saturated carbocycles. The standard InChI is InChI=1S/C7H5ClFNO3/c1-13-7-2-4(8)6(10(11)12)3-5(7)9/h2-3H,1H3. The van der Waals surface area contributed by atoms with Gasteiger partial charge in [0.2, 0.25) is 0 Å². The van der Waals surface area contributed by atoms with Crippen molar-refractivity contribution >= 4 is 17.3 Å². The summed E-state index contributed by atoms with van der Waals surface area (Å²) in [6.45, 7) is 0. The van der Waals surface area contributed by atoms with E-state index >= 15 is 0 Å². The van der Waals surface area contributed by atoms with E-state index in [2.05, 4.69) is 4.74 Å². The van der Waals surface area contributed by atoms with Crippen molar-refractivity contribution in [1.29, 1.82) is 0 Å². The van der Waals surface area contributed by atoms with Crippen LogP contribution in [-0.2, 0) is 0 Å². The lowest BCUT2D eigenvalue weighted by Gasteiger charge is -2.01. The zero-order valence-corrected chi connectivity index (χ0v) is 7.34. The SMILES string of the molecule is COc1cc(Cl)c([N+](=O)[O-])cc1F. The Hall–Kier alpha value is -1.36. The summed E-state index contributed by atoms with van der Waals surface area (Å²) in [5.41, 5.74) is -0.472. The minimum absolute atomic E-state index is 0.115. The Morgan fingerprint density at radius 3 is 2.69 bits per heavy atom. The van der Waals surface area contributed by atoms with E-state index in [1.165, 1.54) is 7.11 Å². The van der Waals surface area contributed by atoms with E-state index in [-0.39, 0.29) is 10.8 Å². The van der Waals surface area contributed by atoms with Gasteiger partial charge >= 0.3 is 0 Å². The van der Waals surface area contributed by atoms with Crippen LogP contribution < -0.4 is 4.74 Å². The van der Waals surface area contributed by atoms with Crippen molar-refractivity contribution in [2.75, 3.05) is 7.11 Å². The van der Waals surface area contributed by atoms with Crippen LogP contribution in [0.3, 0.4) is 0 Å². The highest BCUT2D eigenvalue weighted by molar-refractivity contribution is 6.32. The molecule has 13 heavy (non-hydrogen) atoms. The summed E-state index contributed by atoms with van der Waals surface area (Å²) in [7, 11) is 1.25. The summed E-state index contributed by atoms with van der Waals surface area (Å²) in [6, 6.07) is 1.79. The van der Waals surface area contributed by atoms with Gasteiger partial charge in [-0.1, -0.05) is 11.6 Å². The fourth-order valence-corrected chi connectivity index (χ4v) is 1.04. The fourth-order valence-electron chi connectivity index (χ4n) is 0.814. The third kappa shape index (κ3) is 1.86. The van der Waals surface area contributed by atoms with Gasteiger partial charge in [0.05, 0.1) is 18.1 Å². The summed E-state index contributed by atoms with van der Waals surface area (Å²) < 4.78 is 17.5. The van der Waals surface area contributed by atoms with Crippen LogP contribution >= 0.6 is 11.6 Å². The predicted molar refractivity (Wildman–Crippen MR) is 44.6 cm³/mol. The van der Waals surface area contributed by atoms with Gasteiger partial charge in [-0.2, -0.15) is 0 Å². The maximum atomic E-state index is 12.9. The number of nitrogens with zero attached hydrogens (tertiary/aromatic N) is 1. The normalized spacial score (nSPS) is 9.77. The monoisotopic (exact) mass is 205 g/mol. The first-order chi connectivity index (χ1) is 6.06. The predicted octanol–water partition coefficient (Wildman–Crippen LogP) is 2.40. The molecular formula is C7H5ClFNO3. The zero-order chi connectivity index (χ0) is 10.0. The smallest absolute Gasteiger partial charge is 0.291 e. The second kappa shape index (κ2) is 3.57. The highest BCUT2D eigenvalue weighted by Gasteiger charge is 2.16. The van der Waals surface area contributed by atoms with Crippen LogP contribution in [0.1, 0.15) is 0 Å². The Morgan fingerprint density at radius 2 is 2.23 bits per heavy atom. The molecule has 0 spiro atoms.